The molecule has 6 heteroatoms. The van der Waals surface area contributed by atoms with Crippen LogP contribution in [0.3, 0.4) is 0 Å². The average molecular weight is 219 g/mol. The molecule has 2 N–H and O–H groups in total. The van der Waals surface area contributed by atoms with Crippen LogP contribution in [0.2, 0.25) is 0 Å². The SMILES string of the molecule is Nc1nc2ccc(N3CCOCC3)cn2n1. The third-order valence-electron chi connectivity index (χ3n) is 2.71. The van der Waals surface area contributed by atoms with Crippen LogP contribution in [0.1, 0.15) is 0 Å². The Hall–Kier alpha value is -1.82. The van der Waals surface area contributed by atoms with Crippen LogP contribution in [-0.4, -0.2) is 40.9 Å². The number of nitrogens with zero attached hydrogens (tertiary/aromatic N) is 4. The zero-order valence-corrected chi connectivity index (χ0v) is 8.83. The highest BCUT2D eigenvalue weighted by molar-refractivity contribution is 5.52. The number of pyridine rings is 1. The third kappa shape index (κ3) is 1.57. The molecular weight excluding hydrogens is 206 g/mol. The molecule has 0 unspecified atom stereocenters. The number of fused-ring (bicyclic) bond motifs is 1. The zero-order valence-electron chi connectivity index (χ0n) is 8.83. The largest absolute Gasteiger partial charge is 0.378 e. The molecule has 0 saturated carbocycles. The van der Waals surface area contributed by atoms with Crippen molar-refractivity contribution >= 4 is 17.3 Å². The minimum atomic E-state index is 0.305. The molecule has 1 fully saturated rings. The van der Waals surface area contributed by atoms with Crippen molar-refractivity contribution in [2.75, 3.05) is 36.9 Å². The molecule has 3 rings (SSSR count). The highest BCUT2D eigenvalue weighted by atomic mass is 16.5. The van der Waals surface area contributed by atoms with Gasteiger partial charge in [0, 0.05) is 13.1 Å². The average Bonchev–Trinajstić information content (AvgIpc) is 2.69. The van der Waals surface area contributed by atoms with Gasteiger partial charge in [-0.3, -0.25) is 0 Å². The molecule has 1 aliphatic rings. The van der Waals surface area contributed by atoms with E-state index in [1.807, 2.05) is 18.3 Å². The summed E-state index contributed by atoms with van der Waals surface area (Å²) in [5.74, 6) is 0.305. The second kappa shape index (κ2) is 3.64. The van der Waals surface area contributed by atoms with Crippen molar-refractivity contribution in [1.82, 2.24) is 14.6 Å². The highest BCUT2D eigenvalue weighted by Crippen LogP contribution is 2.16. The lowest BCUT2D eigenvalue weighted by atomic mass is 10.3. The Balaban J connectivity index is 1.97. The summed E-state index contributed by atoms with van der Waals surface area (Å²) < 4.78 is 7.02. The molecule has 84 valence electrons. The lowest BCUT2D eigenvalue weighted by Crippen LogP contribution is -2.36. The number of nitrogen functional groups attached to an aromatic ring is 1. The Morgan fingerprint density at radius 3 is 2.88 bits per heavy atom. The maximum atomic E-state index is 5.54. The van der Waals surface area contributed by atoms with Gasteiger partial charge in [0.05, 0.1) is 25.1 Å². The number of hydrogen-bond acceptors (Lipinski definition) is 5. The van der Waals surface area contributed by atoms with Gasteiger partial charge in [-0.25, -0.2) is 4.52 Å². The van der Waals surface area contributed by atoms with Crippen molar-refractivity contribution < 1.29 is 4.74 Å². The quantitative estimate of drug-likeness (QED) is 0.739. The number of morpholine rings is 1. The van der Waals surface area contributed by atoms with Crippen molar-refractivity contribution in [2.24, 2.45) is 0 Å². The third-order valence-corrected chi connectivity index (χ3v) is 2.71. The van der Waals surface area contributed by atoms with Crippen LogP contribution in [-0.2, 0) is 4.74 Å². The molecule has 0 atom stereocenters. The predicted octanol–water partition coefficient (Wildman–Crippen LogP) is 0.148. The van der Waals surface area contributed by atoms with E-state index in [0.717, 1.165) is 37.6 Å². The molecule has 3 heterocycles. The molecule has 1 aliphatic heterocycles. The molecule has 0 aliphatic carbocycles. The second-order valence-corrected chi connectivity index (χ2v) is 3.76. The Bertz CT molecular complexity index is 503. The molecule has 2 aromatic rings. The normalized spacial score (nSPS) is 16.9. The molecule has 0 amide bonds. The summed E-state index contributed by atoms with van der Waals surface area (Å²) in [6.45, 7) is 3.38. The molecule has 2 aromatic heterocycles. The van der Waals surface area contributed by atoms with E-state index >= 15 is 0 Å². The van der Waals surface area contributed by atoms with Gasteiger partial charge in [-0.15, -0.1) is 5.10 Å². The summed E-state index contributed by atoms with van der Waals surface area (Å²) in [4.78, 5) is 6.35. The van der Waals surface area contributed by atoms with Gasteiger partial charge in [0.1, 0.15) is 0 Å². The van der Waals surface area contributed by atoms with Crippen LogP contribution in [0.4, 0.5) is 11.6 Å². The van der Waals surface area contributed by atoms with Crippen LogP contribution < -0.4 is 10.6 Å². The fourth-order valence-electron chi connectivity index (χ4n) is 1.90. The van der Waals surface area contributed by atoms with Crippen LogP contribution in [0.5, 0.6) is 0 Å². The summed E-state index contributed by atoms with van der Waals surface area (Å²) in [5.41, 5.74) is 7.44. The molecule has 16 heavy (non-hydrogen) atoms. The van der Waals surface area contributed by atoms with Crippen molar-refractivity contribution in [3.63, 3.8) is 0 Å². The van der Waals surface area contributed by atoms with Gasteiger partial charge in [-0.1, -0.05) is 0 Å². The van der Waals surface area contributed by atoms with Crippen LogP contribution >= 0.6 is 0 Å². The lowest BCUT2D eigenvalue weighted by molar-refractivity contribution is 0.122. The number of rotatable bonds is 1. The van der Waals surface area contributed by atoms with Gasteiger partial charge >= 0.3 is 0 Å². The summed E-state index contributed by atoms with van der Waals surface area (Å²) >= 11 is 0. The summed E-state index contributed by atoms with van der Waals surface area (Å²) in [5, 5.41) is 4.09. The van der Waals surface area contributed by atoms with Crippen molar-refractivity contribution in [1.29, 1.82) is 0 Å². The maximum Gasteiger partial charge on any atom is 0.240 e. The maximum absolute atomic E-state index is 5.54. The van der Waals surface area contributed by atoms with E-state index in [1.165, 1.54) is 0 Å². The van der Waals surface area contributed by atoms with Gasteiger partial charge in [0.15, 0.2) is 5.65 Å². The Kier molecular flexibility index (Phi) is 2.14. The van der Waals surface area contributed by atoms with E-state index in [1.54, 1.807) is 4.52 Å². The molecule has 1 saturated heterocycles. The Morgan fingerprint density at radius 2 is 2.06 bits per heavy atom. The van der Waals surface area contributed by atoms with Crippen molar-refractivity contribution in [3.8, 4) is 0 Å². The highest BCUT2D eigenvalue weighted by Gasteiger charge is 2.12. The molecule has 0 aromatic carbocycles. The molecule has 6 nitrogen and oxygen atoms in total. The summed E-state index contributed by atoms with van der Waals surface area (Å²) in [6, 6.07) is 3.96. The standard InChI is InChI=1S/C10H13N5O/c11-10-12-9-2-1-8(7-15(9)13-10)14-3-5-16-6-4-14/h1-2,7H,3-6H2,(H2,11,13). The molecular formula is C10H13N5O. The minimum absolute atomic E-state index is 0.305. The lowest BCUT2D eigenvalue weighted by Gasteiger charge is -2.28. The number of hydrogen-bond donors (Lipinski definition) is 1. The number of anilines is 2. The van der Waals surface area contributed by atoms with Crippen molar-refractivity contribution in [2.45, 2.75) is 0 Å². The Morgan fingerprint density at radius 1 is 1.25 bits per heavy atom. The molecule has 0 bridgehead atoms. The van der Waals surface area contributed by atoms with E-state index in [2.05, 4.69) is 15.0 Å². The molecule has 0 radical (unpaired) electrons. The van der Waals surface area contributed by atoms with E-state index in [0.29, 0.717) is 5.95 Å². The topological polar surface area (TPSA) is 68.7 Å². The number of ether oxygens (including phenoxy) is 1. The van der Waals surface area contributed by atoms with E-state index in [9.17, 15) is 0 Å². The first-order valence-corrected chi connectivity index (χ1v) is 5.27. The van der Waals surface area contributed by atoms with E-state index in [4.69, 9.17) is 10.5 Å². The Labute approximate surface area is 92.6 Å². The smallest absolute Gasteiger partial charge is 0.240 e. The summed E-state index contributed by atoms with van der Waals surface area (Å²) in [6.07, 6.45) is 1.95. The predicted molar refractivity (Wildman–Crippen MR) is 60.4 cm³/mol. The first-order valence-electron chi connectivity index (χ1n) is 5.27. The van der Waals surface area contributed by atoms with Crippen LogP contribution in [0.15, 0.2) is 18.3 Å². The van der Waals surface area contributed by atoms with Gasteiger partial charge in [0.2, 0.25) is 5.95 Å². The first-order chi connectivity index (χ1) is 7.83. The van der Waals surface area contributed by atoms with Gasteiger partial charge < -0.3 is 15.4 Å². The minimum Gasteiger partial charge on any atom is -0.378 e. The number of aromatic nitrogens is 3. The van der Waals surface area contributed by atoms with Crippen LogP contribution in [0, 0.1) is 0 Å². The van der Waals surface area contributed by atoms with Gasteiger partial charge in [-0.05, 0) is 12.1 Å². The van der Waals surface area contributed by atoms with Gasteiger partial charge in [0.25, 0.3) is 0 Å². The van der Waals surface area contributed by atoms with Crippen molar-refractivity contribution in [3.05, 3.63) is 18.3 Å². The number of nitrogens with two attached hydrogens (primary N) is 1. The summed E-state index contributed by atoms with van der Waals surface area (Å²) in [7, 11) is 0. The van der Waals surface area contributed by atoms with Gasteiger partial charge in [-0.2, -0.15) is 4.98 Å². The fourth-order valence-corrected chi connectivity index (χ4v) is 1.90. The second-order valence-electron chi connectivity index (χ2n) is 3.76. The molecule has 0 spiro atoms. The van der Waals surface area contributed by atoms with E-state index in [-0.39, 0.29) is 0 Å². The van der Waals surface area contributed by atoms with Crippen LogP contribution in [0.25, 0.3) is 5.65 Å². The fraction of sp³-hybridized carbons (Fsp3) is 0.400. The van der Waals surface area contributed by atoms with E-state index < -0.39 is 0 Å². The monoisotopic (exact) mass is 219 g/mol. The zero-order chi connectivity index (χ0) is 11.0. The first kappa shape index (κ1) is 9.41.